The molecule has 0 aliphatic heterocycles. The molecule has 1 aliphatic carbocycles. The molecule has 2 nitrogen and oxygen atoms in total. The molecule has 0 N–H and O–H groups in total. The monoisotopic (exact) mass is 583 g/mol. The predicted molar refractivity (Wildman–Crippen MR) is 193 cm³/mol. The van der Waals surface area contributed by atoms with Crippen LogP contribution in [0.3, 0.4) is 0 Å². The van der Waals surface area contributed by atoms with Crippen LogP contribution in [0.2, 0.25) is 0 Å². The zero-order valence-electron chi connectivity index (χ0n) is 24.8. The van der Waals surface area contributed by atoms with E-state index in [4.69, 9.17) is 4.42 Å². The van der Waals surface area contributed by atoms with E-state index in [0.29, 0.717) is 0 Å². The van der Waals surface area contributed by atoms with Crippen LogP contribution in [0.25, 0.3) is 104 Å². The molecule has 0 unspecified atom stereocenters. The largest absolute Gasteiger partial charge is 0.456 e. The molecule has 0 bridgehead atoms. The van der Waals surface area contributed by atoms with E-state index >= 15 is 0 Å². The summed E-state index contributed by atoms with van der Waals surface area (Å²) >= 11 is 0. The molecule has 0 spiro atoms. The van der Waals surface area contributed by atoms with Gasteiger partial charge in [-0.05, 0) is 103 Å². The van der Waals surface area contributed by atoms with Gasteiger partial charge in [0.25, 0.3) is 0 Å². The average molecular weight is 584 g/mol. The van der Waals surface area contributed by atoms with Gasteiger partial charge in [-0.15, -0.1) is 0 Å². The van der Waals surface area contributed by atoms with Crippen molar-refractivity contribution >= 4 is 65.3 Å². The molecule has 0 fully saturated rings. The Kier molecular flexibility index (Phi) is 4.61. The Labute approximate surface area is 264 Å². The highest BCUT2D eigenvalue weighted by molar-refractivity contribution is 6.19. The maximum atomic E-state index is 6.28. The average Bonchev–Trinajstić information content (AvgIpc) is 3.75. The molecule has 0 amide bonds. The van der Waals surface area contributed by atoms with E-state index < -0.39 is 0 Å². The molecular weight excluding hydrogens is 558 g/mol. The van der Waals surface area contributed by atoms with Gasteiger partial charge in [0.05, 0.1) is 11.0 Å². The highest BCUT2D eigenvalue weighted by atomic mass is 16.3. The summed E-state index contributed by atoms with van der Waals surface area (Å²) in [6.07, 6.45) is 0. The van der Waals surface area contributed by atoms with Gasteiger partial charge in [-0.1, -0.05) is 103 Å². The summed E-state index contributed by atoms with van der Waals surface area (Å²) in [5, 5.41) is 9.87. The van der Waals surface area contributed by atoms with Gasteiger partial charge in [0.1, 0.15) is 11.2 Å². The third-order valence-corrected chi connectivity index (χ3v) is 10.1. The highest BCUT2D eigenvalue weighted by Crippen LogP contribution is 2.49. The molecule has 0 saturated heterocycles. The van der Waals surface area contributed by atoms with Gasteiger partial charge < -0.3 is 8.98 Å². The molecule has 0 atom stereocenters. The van der Waals surface area contributed by atoms with Crippen molar-refractivity contribution in [3.8, 4) is 39.1 Å². The first-order valence-electron chi connectivity index (χ1n) is 15.8. The Morgan fingerprint density at radius 1 is 0.370 bits per heavy atom. The standard InChI is InChI=1S/C44H25NO/c1-2-12-32-31(11-1)36-16-8-15-35-30(19-20-37(32)44(35)36)26-9-7-10-29(21-26)45-40-17-5-3-13-33(40)38-22-27-23-39-34-14-4-6-18-42(34)46-43(39)25-28(27)24-41(38)45/h1-25H. The topological polar surface area (TPSA) is 18.1 Å². The summed E-state index contributed by atoms with van der Waals surface area (Å²) in [6.45, 7) is 0. The maximum absolute atomic E-state index is 6.28. The molecule has 2 aromatic heterocycles. The number of nitrogens with zero attached hydrogens (tertiary/aromatic N) is 1. The van der Waals surface area contributed by atoms with E-state index in [9.17, 15) is 0 Å². The number of para-hydroxylation sites is 2. The third-order valence-electron chi connectivity index (χ3n) is 10.1. The lowest BCUT2D eigenvalue weighted by Crippen LogP contribution is -1.94. The first-order chi connectivity index (χ1) is 22.8. The minimum atomic E-state index is 0.923. The van der Waals surface area contributed by atoms with E-state index in [1.807, 2.05) is 12.1 Å². The minimum Gasteiger partial charge on any atom is -0.456 e. The second-order valence-electron chi connectivity index (χ2n) is 12.5. The van der Waals surface area contributed by atoms with Crippen LogP contribution in [0.4, 0.5) is 0 Å². The van der Waals surface area contributed by atoms with Gasteiger partial charge in [-0.3, -0.25) is 0 Å². The van der Waals surface area contributed by atoms with Crippen molar-refractivity contribution < 1.29 is 4.42 Å². The second kappa shape index (κ2) is 8.74. The molecule has 2 heteroatoms. The van der Waals surface area contributed by atoms with Gasteiger partial charge in [0.2, 0.25) is 0 Å². The molecule has 46 heavy (non-hydrogen) atoms. The molecule has 212 valence electrons. The first kappa shape index (κ1) is 24.2. The van der Waals surface area contributed by atoms with Crippen molar-refractivity contribution in [3.63, 3.8) is 0 Å². The fourth-order valence-corrected chi connectivity index (χ4v) is 8.09. The summed E-state index contributed by atoms with van der Waals surface area (Å²) in [6, 6.07) is 55.4. The summed E-state index contributed by atoms with van der Waals surface area (Å²) in [7, 11) is 0. The number of aromatic nitrogens is 1. The summed E-state index contributed by atoms with van der Waals surface area (Å²) < 4.78 is 8.70. The van der Waals surface area contributed by atoms with E-state index in [0.717, 1.165) is 27.6 Å². The molecule has 11 rings (SSSR count). The van der Waals surface area contributed by atoms with Crippen LogP contribution in [0.15, 0.2) is 156 Å². The van der Waals surface area contributed by atoms with Gasteiger partial charge in [0, 0.05) is 27.2 Å². The van der Waals surface area contributed by atoms with Crippen LogP contribution in [0, 0.1) is 0 Å². The maximum Gasteiger partial charge on any atom is 0.136 e. The Hall–Kier alpha value is -6.12. The van der Waals surface area contributed by atoms with Crippen LogP contribution in [0.1, 0.15) is 0 Å². The fraction of sp³-hybridized carbons (Fsp3) is 0. The normalized spacial score (nSPS) is 12.3. The molecule has 8 aromatic carbocycles. The highest BCUT2D eigenvalue weighted by Gasteiger charge is 2.22. The van der Waals surface area contributed by atoms with Crippen molar-refractivity contribution in [2.24, 2.45) is 0 Å². The minimum absolute atomic E-state index is 0.923. The van der Waals surface area contributed by atoms with Crippen LogP contribution >= 0.6 is 0 Å². The number of hydrogen-bond donors (Lipinski definition) is 0. The smallest absolute Gasteiger partial charge is 0.136 e. The molecule has 2 heterocycles. The molecule has 10 aromatic rings. The lowest BCUT2D eigenvalue weighted by molar-refractivity contribution is 0.669. The van der Waals surface area contributed by atoms with Crippen LogP contribution in [-0.4, -0.2) is 4.57 Å². The number of benzene rings is 8. The van der Waals surface area contributed by atoms with Crippen molar-refractivity contribution in [1.29, 1.82) is 0 Å². The zero-order chi connectivity index (χ0) is 29.9. The number of hydrogen-bond acceptors (Lipinski definition) is 1. The van der Waals surface area contributed by atoms with Crippen LogP contribution < -0.4 is 0 Å². The Morgan fingerprint density at radius 3 is 1.96 bits per heavy atom. The summed E-state index contributed by atoms with van der Waals surface area (Å²) in [5.74, 6) is 0. The van der Waals surface area contributed by atoms with E-state index in [1.165, 1.54) is 76.7 Å². The van der Waals surface area contributed by atoms with E-state index in [2.05, 4.69) is 144 Å². The quantitative estimate of drug-likeness (QED) is 0.198. The number of fused-ring (bicyclic) bond motifs is 10. The summed E-state index contributed by atoms with van der Waals surface area (Å²) in [5.41, 5.74) is 13.2. The zero-order valence-corrected chi connectivity index (χ0v) is 24.8. The van der Waals surface area contributed by atoms with Crippen LogP contribution in [0.5, 0.6) is 0 Å². The van der Waals surface area contributed by atoms with Crippen molar-refractivity contribution in [3.05, 3.63) is 152 Å². The van der Waals surface area contributed by atoms with Gasteiger partial charge in [0.15, 0.2) is 0 Å². The fourth-order valence-electron chi connectivity index (χ4n) is 8.09. The van der Waals surface area contributed by atoms with Gasteiger partial charge in [-0.2, -0.15) is 0 Å². The molecule has 1 aliphatic rings. The van der Waals surface area contributed by atoms with E-state index in [1.54, 1.807) is 0 Å². The lowest BCUT2D eigenvalue weighted by Gasteiger charge is -2.13. The number of rotatable bonds is 2. The third kappa shape index (κ3) is 3.15. The SMILES string of the molecule is c1cc(-c2ccc3c4c(cccc24)-c2ccccc2-3)cc(-n2c3ccccc3c3cc4cc5c(cc4cc32)oc2ccccc25)c1. The van der Waals surface area contributed by atoms with Crippen LogP contribution in [-0.2, 0) is 0 Å². The Balaban J connectivity index is 1.15. The molecule has 0 saturated carbocycles. The van der Waals surface area contributed by atoms with Crippen molar-refractivity contribution in [2.45, 2.75) is 0 Å². The van der Waals surface area contributed by atoms with E-state index in [-0.39, 0.29) is 0 Å². The molecular formula is C44H25NO. The predicted octanol–water partition coefficient (Wildman–Crippen LogP) is 12.3. The van der Waals surface area contributed by atoms with Gasteiger partial charge in [-0.25, -0.2) is 0 Å². The second-order valence-corrected chi connectivity index (χ2v) is 12.5. The Morgan fingerprint density at radius 2 is 1.04 bits per heavy atom. The Bertz CT molecular complexity index is 2890. The first-order valence-corrected chi connectivity index (χ1v) is 15.8. The molecule has 0 radical (unpaired) electrons. The number of furan rings is 1. The summed E-state index contributed by atoms with van der Waals surface area (Å²) in [4.78, 5) is 0. The lowest BCUT2D eigenvalue weighted by atomic mass is 9.94. The van der Waals surface area contributed by atoms with Crippen molar-refractivity contribution in [1.82, 2.24) is 4.57 Å². The van der Waals surface area contributed by atoms with Crippen molar-refractivity contribution in [2.75, 3.05) is 0 Å². The van der Waals surface area contributed by atoms with Gasteiger partial charge >= 0.3 is 0 Å².